The van der Waals surface area contributed by atoms with Crippen LogP contribution in [0, 0.1) is 10.1 Å². The summed E-state index contributed by atoms with van der Waals surface area (Å²) < 4.78 is 0. The molecule has 0 aliphatic rings. The number of hydrogen-bond donors (Lipinski definition) is 1. The second kappa shape index (κ2) is 5.31. The standard InChI is InChI=1S/C14H14N2O2/c1-11(12-6-3-2-4-7-12)15-13-8-5-9-14(10-13)16(17)18/h2-11,15H,1H3/t11-/m1/s1. The number of non-ortho nitro benzene ring substituents is 1. The van der Waals surface area contributed by atoms with Crippen LogP contribution in [0.4, 0.5) is 11.4 Å². The van der Waals surface area contributed by atoms with Crippen LogP contribution in [0.15, 0.2) is 54.6 Å². The Morgan fingerprint density at radius 1 is 1.11 bits per heavy atom. The minimum Gasteiger partial charge on any atom is -0.378 e. The number of nitro benzene ring substituents is 1. The van der Waals surface area contributed by atoms with E-state index >= 15 is 0 Å². The van der Waals surface area contributed by atoms with Gasteiger partial charge in [-0.25, -0.2) is 0 Å². The van der Waals surface area contributed by atoms with Crippen LogP contribution in [0.3, 0.4) is 0 Å². The Morgan fingerprint density at radius 3 is 2.50 bits per heavy atom. The Labute approximate surface area is 105 Å². The number of hydrogen-bond acceptors (Lipinski definition) is 3. The molecule has 0 bridgehead atoms. The first-order valence-corrected chi connectivity index (χ1v) is 5.73. The summed E-state index contributed by atoms with van der Waals surface area (Å²) in [4.78, 5) is 10.3. The van der Waals surface area contributed by atoms with Gasteiger partial charge in [-0.1, -0.05) is 36.4 Å². The molecular weight excluding hydrogens is 228 g/mol. The van der Waals surface area contributed by atoms with E-state index in [9.17, 15) is 10.1 Å². The Bertz CT molecular complexity index is 541. The van der Waals surface area contributed by atoms with Crippen LogP contribution in [0.2, 0.25) is 0 Å². The van der Waals surface area contributed by atoms with Gasteiger partial charge in [0.2, 0.25) is 0 Å². The molecule has 0 aromatic heterocycles. The summed E-state index contributed by atoms with van der Waals surface area (Å²) in [6.45, 7) is 2.02. The van der Waals surface area contributed by atoms with Crippen molar-refractivity contribution in [3.63, 3.8) is 0 Å². The summed E-state index contributed by atoms with van der Waals surface area (Å²) >= 11 is 0. The normalized spacial score (nSPS) is 11.8. The van der Waals surface area contributed by atoms with Crippen LogP contribution in [-0.2, 0) is 0 Å². The molecule has 92 valence electrons. The summed E-state index contributed by atoms with van der Waals surface area (Å²) in [7, 11) is 0. The van der Waals surface area contributed by atoms with E-state index in [1.807, 2.05) is 43.3 Å². The molecule has 0 fully saturated rings. The Morgan fingerprint density at radius 2 is 1.83 bits per heavy atom. The SMILES string of the molecule is C[C@@H](Nc1cccc([N+](=O)[O-])c1)c1ccccc1. The summed E-state index contributed by atoms with van der Waals surface area (Å²) in [5, 5.41) is 13.9. The second-order valence-electron chi connectivity index (χ2n) is 4.08. The summed E-state index contributed by atoms with van der Waals surface area (Å²) in [6, 6.07) is 16.6. The molecule has 0 saturated heterocycles. The first-order valence-electron chi connectivity index (χ1n) is 5.73. The molecule has 0 heterocycles. The maximum Gasteiger partial charge on any atom is 0.271 e. The molecule has 0 saturated carbocycles. The van der Waals surface area contributed by atoms with Gasteiger partial charge in [0.15, 0.2) is 0 Å². The zero-order valence-corrected chi connectivity index (χ0v) is 10.0. The van der Waals surface area contributed by atoms with Gasteiger partial charge in [0, 0.05) is 23.9 Å². The van der Waals surface area contributed by atoms with Crippen LogP contribution in [0.5, 0.6) is 0 Å². The van der Waals surface area contributed by atoms with Gasteiger partial charge >= 0.3 is 0 Å². The lowest BCUT2D eigenvalue weighted by molar-refractivity contribution is -0.384. The minimum atomic E-state index is -0.391. The smallest absolute Gasteiger partial charge is 0.271 e. The predicted octanol–water partition coefficient (Wildman–Crippen LogP) is 3.77. The van der Waals surface area contributed by atoms with Gasteiger partial charge in [-0.05, 0) is 18.6 Å². The van der Waals surface area contributed by atoms with Crippen molar-refractivity contribution in [3.8, 4) is 0 Å². The van der Waals surface area contributed by atoms with E-state index < -0.39 is 4.92 Å². The highest BCUT2D eigenvalue weighted by atomic mass is 16.6. The first kappa shape index (κ1) is 12.1. The number of anilines is 1. The molecule has 0 amide bonds. The van der Waals surface area contributed by atoms with Crippen molar-refractivity contribution in [2.45, 2.75) is 13.0 Å². The van der Waals surface area contributed by atoms with Gasteiger partial charge in [-0.15, -0.1) is 0 Å². The van der Waals surface area contributed by atoms with Gasteiger partial charge in [-0.3, -0.25) is 10.1 Å². The lowest BCUT2D eigenvalue weighted by atomic mass is 10.1. The third-order valence-corrected chi connectivity index (χ3v) is 2.74. The molecule has 0 aliphatic heterocycles. The molecule has 2 aromatic rings. The highest BCUT2D eigenvalue weighted by Crippen LogP contribution is 2.22. The van der Waals surface area contributed by atoms with E-state index in [1.165, 1.54) is 6.07 Å². The number of benzene rings is 2. The average Bonchev–Trinajstić information content (AvgIpc) is 2.40. The molecule has 4 nitrogen and oxygen atoms in total. The van der Waals surface area contributed by atoms with Crippen molar-refractivity contribution < 1.29 is 4.92 Å². The third kappa shape index (κ3) is 2.85. The van der Waals surface area contributed by atoms with Crippen molar-refractivity contribution in [1.29, 1.82) is 0 Å². The van der Waals surface area contributed by atoms with Crippen LogP contribution in [0.1, 0.15) is 18.5 Å². The Balaban J connectivity index is 2.14. The zero-order valence-electron chi connectivity index (χ0n) is 10.0. The Kier molecular flexibility index (Phi) is 3.57. The molecular formula is C14H14N2O2. The van der Waals surface area contributed by atoms with Gasteiger partial charge in [0.05, 0.1) is 4.92 Å². The molecule has 0 spiro atoms. The largest absolute Gasteiger partial charge is 0.378 e. The lowest BCUT2D eigenvalue weighted by Crippen LogP contribution is -2.06. The fraction of sp³-hybridized carbons (Fsp3) is 0.143. The highest BCUT2D eigenvalue weighted by Gasteiger charge is 2.08. The molecule has 2 aromatic carbocycles. The fourth-order valence-corrected chi connectivity index (χ4v) is 1.78. The molecule has 4 heteroatoms. The van der Waals surface area contributed by atoms with E-state index in [2.05, 4.69) is 5.32 Å². The number of rotatable bonds is 4. The molecule has 1 N–H and O–H groups in total. The van der Waals surface area contributed by atoms with Crippen molar-refractivity contribution in [1.82, 2.24) is 0 Å². The topological polar surface area (TPSA) is 55.2 Å². The van der Waals surface area contributed by atoms with Crippen molar-refractivity contribution in [2.75, 3.05) is 5.32 Å². The second-order valence-corrected chi connectivity index (χ2v) is 4.08. The number of nitro groups is 1. The maximum absolute atomic E-state index is 10.7. The van der Waals surface area contributed by atoms with Gasteiger partial charge in [0.1, 0.15) is 0 Å². The van der Waals surface area contributed by atoms with Crippen LogP contribution >= 0.6 is 0 Å². The first-order chi connectivity index (χ1) is 8.66. The van der Waals surface area contributed by atoms with Crippen LogP contribution in [-0.4, -0.2) is 4.92 Å². The molecule has 1 atom stereocenters. The third-order valence-electron chi connectivity index (χ3n) is 2.74. The van der Waals surface area contributed by atoms with Gasteiger partial charge in [0.25, 0.3) is 5.69 Å². The fourth-order valence-electron chi connectivity index (χ4n) is 1.78. The molecule has 2 rings (SSSR count). The summed E-state index contributed by atoms with van der Waals surface area (Å²) in [5.74, 6) is 0. The van der Waals surface area contributed by atoms with Crippen LogP contribution < -0.4 is 5.32 Å². The van der Waals surface area contributed by atoms with Crippen LogP contribution in [0.25, 0.3) is 0 Å². The minimum absolute atomic E-state index is 0.0975. The lowest BCUT2D eigenvalue weighted by Gasteiger charge is -2.15. The van der Waals surface area contributed by atoms with Crippen molar-refractivity contribution in [3.05, 3.63) is 70.3 Å². The Hall–Kier alpha value is -2.36. The van der Waals surface area contributed by atoms with E-state index in [-0.39, 0.29) is 11.7 Å². The zero-order chi connectivity index (χ0) is 13.0. The van der Waals surface area contributed by atoms with E-state index in [1.54, 1.807) is 12.1 Å². The summed E-state index contributed by atoms with van der Waals surface area (Å²) in [6.07, 6.45) is 0. The highest BCUT2D eigenvalue weighted by molar-refractivity contribution is 5.52. The van der Waals surface area contributed by atoms with Gasteiger partial charge in [-0.2, -0.15) is 0 Å². The number of nitrogens with zero attached hydrogens (tertiary/aromatic N) is 1. The molecule has 0 unspecified atom stereocenters. The van der Waals surface area contributed by atoms with E-state index in [0.29, 0.717) is 0 Å². The molecule has 0 radical (unpaired) electrons. The van der Waals surface area contributed by atoms with E-state index in [0.717, 1.165) is 11.3 Å². The predicted molar refractivity (Wildman–Crippen MR) is 71.6 cm³/mol. The molecule has 0 aliphatic carbocycles. The number of nitrogens with one attached hydrogen (secondary N) is 1. The quantitative estimate of drug-likeness (QED) is 0.656. The monoisotopic (exact) mass is 242 g/mol. The summed E-state index contributed by atoms with van der Waals surface area (Å²) in [5.41, 5.74) is 1.99. The van der Waals surface area contributed by atoms with Crippen molar-refractivity contribution >= 4 is 11.4 Å². The molecule has 18 heavy (non-hydrogen) atoms. The van der Waals surface area contributed by atoms with Crippen molar-refractivity contribution in [2.24, 2.45) is 0 Å². The van der Waals surface area contributed by atoms with Gasteiger partial charge < -0.3 is 5.32 Å². The maximum atomic E-state index is 10.7. The van der Waals surface area contributed by atoms with E-state index in [4.69, 9.17) is 0 Å². The average molecular weight is 242 g/mol.